The molecule has 0 aliphatic heterocycles. The summed E-state index contributed by atoms with van der Waals surface area (Å²) >= 11 is 7.62. The number of anilines is 1. The van der Waals surface area contributed by atoms with E-state index >= 15 is 0 Å². The second-order valence-corrected chi connectivity index (χ2v) is 6.89. The maximum atomic E-state index is 12.5. The van der Waals surface area contributed by atoms with E-state index in [1.54, 1.807) is 19.1 Å². The summed E-state index contributed by atoms with van der Waals surface area (Å²) in [7, 11) is 0. The van der Waals surface area contributed by atoms with Gasteiger partial charge in [0.1, 0.15) is 4.88 Å². The predicted octanol–water partition coefficient (Wildman–Crippen LogP) is 5.33. The van der Waals surface area contributed by atoms with Crippen LogP contribution in [-0.4, -0.2) is 10.8 Å². The second kappa shape index (κ2) is 6.22. The number of hydrogen-bond acceptors (Lipinski definition) is 4. The van der Waals surface area contributed by atoms with Crippen LogP contribution in [0, 0.1) is 24.0 Å². The van der Waals surface area contributed by atoms with Crippen LogP contribution in [0.4, 0.5) is 11.4 Å². The van der Waals surface area contributed by atoms with Gasteiger partial charge in [-0.05, 0) is 31.5 Å². The predicted molar refractivity (Wildman–Crippen MR) is 97.4 cm³/mol. The van der Waals surface area contributed by atoms with Gasteiger partial charge in [-0.1, -0.05) is 29.8 Å². The maximum absolute atomic E-state index is 12.5. The first kappa shape index (κ1) is 16.4. The number of fused-ring (bicyclic) bond motifs is 1. The van der Waals surface area contributed by atoms with Crippen molar-refractivity contribution in [2.24, 2.45) is 0 Å². The number of rotatable bonds is 3. The summed E-state index contributed by atoms with van der Waals surface area (Å²) in [6.07, 6.45) is 0. The van der Waals surface area contributed by atoms with Gasteiger partial charge in [-0.3, -0.25) is 14.9 Å². The number of benzene rings is 2. The standard InChI is InChI=1S/C17H13ClN2O3S/c1-9-3-6-12-14(7-9)24-16(15(12)18)17(21)19-11-5-4-10(2)13(8-11)20(22)23/h3-8H,1-2H3,(H,19,21). The number of nitro groups is 1. The van der Waals surface area contributed by atoms with Crippen molar-refractivity contribution in [1.82, 2.24) is 0 Å². The quantitative estimate of drug-likeness (QED) is 0.506. The first-order chi connectivity index (χ1) is 11.4. The second-order valence-electron chi connectivity index (χ2n) is 5.46. The highest BCUT2D eigenvalue weighted by molar-refractivity contribution is 7.21. The van der Waals surface area contributed by atoms with Crippen LogP contribution in [0.25, 0.3) is 10.1 Å². The number of carbonyl (C=O) groups excluding carboxylic acids is 1. The Kier molecular flexibility index (Phi) is 4.26. The van der Waals surface area contributed by atoms with E-state index in [9.17, 15) is 14.9 Å². The van der Waals surface area contributed by atoms with E-state index in [2.05, 4.69) is 5.32 Å². The van der Waals surface area contributed by atoms with Crippen LogP contribution in [0.2, 0.25) is 5.02 Å². The number of nitrogens with zero attached hydrogens (tertiary/aromatic N) is 1. The molecule has 3 rings (SSSR count). The van der Waals surface area contributed by atoms with E-state index in [1.165, 1.54) is 17.4 Å². The molecule has 1 amide bonds. The van der Waals surface area contributed by atoms with Crippen molar-refractivity contribution in [2.75, 3.05) is 5.32 Å². The molecule has 0 aliphatic carbocycles. The number of carbonyl (C=O) groups is 1. The topological polar surface area (TPSA) is 72.2 Å². The molecule has 0 spiro atoms. The Morgan fingerprint density at radius 1 is 1.21 bits per heavy atom. The van der Waals surface area contributed by atoms with E-state index < -0.39 is 4.92 Å². The normalized spacial score (nSPS) is 10.8. The molecule has 0 saturated carbocycles. The Hall–Kier alpha value is -2.44. The zero-order valence-corrected chi connectivity index (χ0v) is 14.5. The van der Waals surface area contributed by atoms with Crippen molar-refractivity contribution < 1.29 is 9.72 Å². The summed E-state index contributed by atoms with van der Waals surface area (Å²) in [6, 6.07) is 10.4. The van der Waals surface area contributed by atoms with Gasteiger partial charge in [0.05, 0.1) is 9.95 Å². The molecule has 122 valence electrons. The molecule has 2 aromatic carbocycles. The van der Waals surface area contributed by atoms with E-state index in [-0.39, 0.29) is 11.6 Å². The van der Waals surface area contributed by atoms with Gasteiger partial charge in [-0.15, -0.1) is 11.3 Å². The van der Waals surface area contributed by atoms with Crippen LogP contribution < -0.4 is 5.32 Å². The summed E-state index contributed by atoms with van der Waals surface area (Å²) in [4.78, 5) is 23.4. The van der Waals surface area contributed by atoms with Crippen molar-refractivity contribution in [1.29, 1.82) is 0 Å². The highest BCUT2D eigenvalue weighted by Gasteiger charge is 2.18. The molecule has 1 aromatic heterocycles. The summed E-state index contributed by atoms with van der Waals surface area (Å²) in [6.45, 7) is 3.62. The minimum absolute atomic E-state index is 0.0362. The Balaban J connectivity index is 1.94. The minimum atomic E-state index is -0.472. The summed E-state index contributed by atoms with van der Waals surface area (Å²) in [5, 5.41) is 14.9. The Morgan fingerprint density at radius 3 is 2.67 bits per heavy atom. The van der Waals surface area contributed by atoms with Crippen molar-refractivity contribution in [2.45, 2.75) is 13.8 Å². The molecule has 0 unspecified atom stereocenters. The first-order valence-corrected chi connectivity index (χ1v) is 8.31. The van der Waals surface area contributed by atoms with Crippen LogP contribution in [0.15, 0.2) is 36.4 Å². The van der Waals surface area contributed by atoms with Crippen LogP contribution >= 0.6 is 22.9 Å². The first-order valence-electron chi connectivity index (χ1n) is 7.12. The van der Waals surface area contributed by atoms with Gasteiger partial charge in [0.25, 0.3) is 11.6 Å². The number of halogens is 1. The molecule has 0 saturated heterocycles. The number of amides is 1. The van der Waals surface area contributed by atoms with Gasteiger partial charge in [-0.2, -0.15) is 0 Å². The number of nitro benzene ring substituents is 1. The van der Waals surface area contributed by atoms with Crippen LogP contribution in [0.3, 0.4) is 0 Å². The maximum Gasteiger partial charge on any atom is 0.274 e. The summed E-state index contributed by atoms with van der Waals surface area (Å²) < 4.78 is 0.931. The fourth-order valence-electron chi connectivity index (χ4n) is 2.39. The largest absolute Gasteiger partial charge is 0.321 e. The lowest BCUT2D eigenvalue weighted by Gasteiger charge is -2.05. The van der Waals surface area contributed by atoms with E-state index in [0.29, 0.717) is 21.2 Å². The van der Waals surface area contributed by atoms with Crippen molar-refractivity contribution in [3.63, 3.8) is 0 Å². The number of nitrogens with one attached hydrogen (secondary N) is 1. The van der Waals surface area contributed by atoms with Crippen LogP contribution in [-0.2, 0) is 0 Å². The summed E-state index contributed by atoms with van der Waals surface area (Å²) in [5.41, 5.74) is 1.95. The third kappa shape index (κ3) is 2.98. The van der Waals surface area contributed by atoms with Gasteiger partial charge in [0.15, 0.2) is 0 Å². The van der Waals surface area contributed by atoms with Crippen LogP contribution in [0.5, 0.6) is 0 Å². The highest BCUT2D eigenvalue weighted by atomic mass is 35.5. The molecule has 3 aromatic rings. The average molecular weight is 361 g/mol. The molecular weight excluding hydrogens is 348 g/mol. The smallest absolute Gasteiger partial charge is 0.274 e. The molecule has 24 heavy (non-hydrogen) atoms. The molecule has 0 bridgehead atoms. The van der Waals surface area contributed by atoms with E-state index in [0.717, 1.165) is 15.6 Å². The van der Waals surface area contributed by atoms with Crippen molar-refractivity contribution in [3.8, 4) is 0 Å². The molecule has 1 heterocycles. The molecule has 0 radical (unpaired) electrons. The lowest BCUT2D eigenvalue weighted by atomic mass is 10.2. The number of aryl methyl sites for hydroxylation is 2. The molecule has 7 heteroatoms. The van der Waals surface area contributed by atoms with Gasteiger partial charge in [-0.25, -0.2) is 0 Å². The molecular formula is C17H13ClN2O3S. The summed E-state index contributed by atoms with van der Waals surface area (Å²) in [5.74, 6) is -0.378. The molecule has 1 N–H and O–H groups in total. The van der Waals surface area contributed by atoms with Gasteiger partial charge < -0.3 is 5.32 Å². The van der Waals surface area contributed by atoms with E-state index in [1.807, 2.05) is 25.1 Å². The third-order valence-corrected chi connectivity index (χ3v) is 5.31. The lowest BCUT2D eigenvalue weighted by molar-refractivity contribution is -0.385. The fraction of sp³-hybridized carbons (Fsp3) is 0.118. The number of thiophene rings is 1. The van der Waals surface area contributed by atoms with E-state index in [4.69, 9.17) is 11.6 Å². The Bertz CT molecular complexity index is 981. The third-order valence-electron chi connectivity index (χ3n) is 3.65. The average Bonchev–Trinajstić information content (AvgIpc) is 2.85. The Morgan fingerprint density at radius 2 is 1.96 bits per heavy atom. The molecule has 0 fully saturated rings. The fourth-order valence-corrected chi connectivity index (χ4v) is 3.90. The monoisotopic (exact) mass is 360 g/mol. The number of hydrogen-bond donors (Lipinski definition) is 1. The zero-order chi connectivity index (χ0) is 17.4. The molecule has 0 aliphatic rings. The highest BCUT2D eigenvalue weighted by Crippen LogP contribution is 2.36. The van der Waals surface area contributed by atoms with Crippen LogP contribution in [0.1, 0.15) is 20.8 Å². The minimum Gasteiger partial charge on any atom is -0.321 e. The molecule has 5 nitrogen and oxygen atoms in total. The van der Waals surface area contributed by atoms with Gasteiger partial charge in [0, 0.05) is 27.4 Å². The SMILES string of the molecule is Cc1ccc2c(Cl)c(C(=O)Nc3ccc(C)c([N+](=O)[O-])c3)sc2c1. The van der Waals surface area contributed by atoms with Crippen molar-refractivity contribution >= 4 is 50.3 Å². The zero-order valence-electron chi connectivity index (χ0n) is 12.9. The van der Waals surface area contributed by atoms with Gasteiger partial charge in [0.2, 0.25) is 0 Å². The van der Waals surface area contributed by atoms with Gasteiger partial charge >= 0.3 is 0 Å². The van der Waals surface area contributed by atoms with Crippen molar-refractivity contribution in [3.05, 3.63) is 67.5 Å². The Labute approximate surface area is 147 Å². The molecule has 0 atom stereocenters. The lowest BCUT2D eigenvalue weighted by Crippen LogP contribution is -2.11.